The molecule has 1 atom stereocenters. The van der Waals surface area contributed by atoms with Gasteiger partial charge in [0.1, 0.15) is 10.9 Å². The number of nitriles is 1. The summed E-state index contributed by atoms with van der Waals surface area (Å²) in [7, 11) is 0. The molecular weight excluding hydrogens is 224 g/mol. The molecule has 0 amide bonds. The van der Waals surface area contributed by atoms with E-state index in [0.717, 1.165) is 23.2 Å². The van der Waals surface area contributed by atoms with E-state index in [2.05, 4.69) is 23.1 Å². The van der Waals surface area contributed by atoms with Crippen LogP contribution in [0.3, 0.4) is 0 Å². The Morgan fingerprint density at radius 1 is 1.53 bits per heavy atom. The normalized spacial score (nSPS) is 20.3. The van der Waals surface area contributed by atoms with Gasteiger partial charge in [0.15, 0.2) is 0 Å². The molecule has 0 bridgehead atoms. The van der Waals surface area contributed by atoms with Crippen LogP contribution in [-0.2, 0) is 6.54 Å². The number of rotatable bonds is 4. The van der Waals surface area contributed by atoms with Crippen LogP contribution >= 0.6 is 23.1 Å². The minimum atomic E-state index is 0.806. The van der Waals surface area contributed by atoms with Crippen LogP contribution in [0, 0.1) is 11.3 Å². The van der Waals surface area contributed by atoms with Crippen LogP contribution in [0.4, 0.5) is 0 Å². The molecule has 2 rings (SSSR count). The van der Waals surface area contributed by atoms with Crippen molar-refractivity contribution in [1.82, 2.24) is 5.32 Å². The second-order valence-corrected chi connectivity index (χ2v) is 6.22. The third kappa shape index (κ3) is 3.23. The van der Waals surface area contributed by atoms with E-state index in [9.17, 15) is 0 Å². The average molecular weight is 238 g/mol. The van der Waals surface area contributed by atoms with Gasteiger partial charge in [-0.1, -0.05) is 0 Å². The highest BCUT2D eigenvalue weighted by Crippen LogP contribution is 2.25. The van der Waals surface area contributed by atoms with Gasteiger partial charge in [-0.15, -0.1) is 11.3 Å². The first-order valence-electron chi connectivity index (χ1n) is 5.19. The van der Waals surface area contributed by atoms with Crippen LogP contribution in [0.25, 0.3) is 0 Å². The van der Waals surface area contributed by atoms with Crippen molar-refractivity contribution in [2.75, 3.05) is 12.3 Å². The van der Waals surface area contributed by atoms with E-state index in [-0.39, 0.29) is 0 Å². The molecule has 2 heterocycles. The Morgan fingerprint density at radius 3 is 3.13 bits per heavy atom. The van der Waals surface area contributed by atoms with Gasteiger partial charge in [0.05, 0.1) is 0 Å². The Hall–Kier alpha value is -0.500. The molecule has 0 radical (unpaired) electrons. The lowest BCUT2D eigenvalue weighted by atomic mass is 10.2. The Morgan fingerprint density at radius 2 is 2.47 bits per heavy atom. The SMILES string of the molecule is N#Cc1ccc(CNCC2CCCS2)s1. The first-order chi connectivity index (χ1) is 7.38. The van der Waals surface area contributed by atoms with Crippen LogP contribution in [0.1, 0.15) is 22.6 Å². The van der Waals surface area contributed by atoms with Crippen LogP contribution in [0.15, 0.2) is 12.1 Å². The summed E-state index contributed by atoms with van der Waals surface area (Å²) in [5.41, 5.74) is 0. The van der Waals surface area contributed by atoms with Gasteiger partial charge in [-0.2, -0.15) is 17.0 Å². The van der Waals surface area contributed by atoms with Crippen molar-refractivity contribution < 1.29 is 0 Å². The first-order valence-corrected chi connectivity index (χ1v) is 7.06. The van der Waals surface area contributed by atoms with E-state index in [1.807, 2.05) is 12.1 Å². The van der Waals surface area contributed by atoms with Crippen molar-refractivity contribution in [3.8, 4) is 6.07 Å². The fourth-order valence-corrected chi connectivity index (χ4v) is 3.70. The summed E-state index contributed by atoms with van der Waals surface area (Å²) in [4.78, 5) is 2.07. The fourth-order valence-electron chi connectivity index (χ4n) is 1.69. The van der Waals surface area contributed by atoms with Crippen LogP contribution < -0.4 is 5.32 Å². The van der Waals surface area contributed by atoms with Gasteiger partial charge in [-0.25, -0.2) is 0 Å². The molecule has 4 heteroatoms. The molecule has 1 unspecified atom stereocenters. The lowest BCUT2D eigenvalue weighted by Crippen LogP contribution is -2.22. The summed E-state index contributed by atoms with van der Waals surface area (Å²) in [6, 6.07) is 6.10. The lowest BCUT2D eigenvalue weighted by molar-refractivity contribution is 0.650. The zero-order chi connectivity index (χ0) is 10.5. The van der Waals surface area contributed by atoms with Gasteiger partial charge in [0, 0.05) is 23.2 Å². The van der Waals surface area contributed by atoms with E-state index in [0.29, 0.717) is 0 Å². The molecule has 0 spiro atoms. The molecule has 1 aromatic heterocycles. The number of thiophene rings is 1. The zero-order valence-corrected chi connectivity index (χ0v) is 10.2. The Bertz CT molecular complexity index is 348. The molecule has 1 fully saturated rings. The molecule has 15 heavy (non-hydrogen) atoms. The van der Waals surface area contributed by atoms with Crippen LogP contribution in [0.5, 0.6) is 0 Å². The molecular formula is C11H14N2S2. The monoisotopic (exact) mass is 238 g/mol. The Balaban J connectivity index is 1.71. The van der Waals surface area contributed by atoms with Gasteiger partial charge in [-0.3, -0.25) is 0 Å². The van der Waals surface area contributed by atoms with Crippen LogP contribution in [0.2, 0.25) is 0 Å². The van der Waals surface area contributed by atoms with Gasteiger partial charge in [-0.05, 0) is 30.7 Å². The predicted molar refractivity (Wildman–Crippen MR) is 66.2 cm³/mol. The minimum Gasteiger partial charge on any atom is -0.311 e. The standard InChI is InChI=1S/C11H14N2S2/c12-6-9-3-4-11(15-9)8-13-7-10-2-1-5-14-10/h3-4,10,13H,1-2,5,7-8H2. The van der Waals surface area contributed by atoms with Gasteiger partial charge in [0.25, 0.3) is 0 Å². The van der Waals surface area contributed by atoms with E-state index in [1.165, 1.54) is 23.5 Å². The maximum absolute atomic E-state index is 8.69. The molecule has 1 aliphatic rings. The maximum atomic E-state index is 8.69. The molecule has 0 saturated carbocycles. The lowest BCUT2D eigenvalue weighted by Gasteiger charge is -2.08. The quantitative estimate of drug-likeness (QED) is 0.876. The van der Waals surface area contributed by atoms with Crippen LogP contribution in [-0.4, -0.2) is 17.5 Å². The highest BCUT2D eigenvalue weighted by Gasteiger charge is 2.14. The Labute approximate surface area is 98.7 Å². The van der Waals surface area contributed by atoms with Gasteiger partial charge < -0.3 is 5.32 Å². The predicted octanol–water partition coefficient (Wildman–Crippen LogP) is 2.60. The first kappa shape index (κ1) is 11.0. The van der Waals surface area contributed by atoms with Gasteiger partial charge in [0.2, 0.25) is 0 Å². The van der Waals surface area contributed by atoms with Crippen molar-refractivity contribution in [2.45, 2.75) is 24.6 Å². The van der Waals surface area contributed by atoms with Crippen molar-refractivity contribution in [1.29, 1.82) is 5.26 Å². The second kappa shape index (κ2) is 5.55. The molecule has 0 aliphatic carbocycles. The summed E-state index contributed by atoms with van der Waals surface area (Å²) in [5, 5.41) is 13.0. The smallest absolute Gasteiger partial charge is 0.110 e. The summed E-state index contributed by atoms with van der Waals surface area (Å²) in [5.74, 6) is 1.32. The largest absolute Gasteiger partial charge is 0.311 e. The molecule has 80 valence electrons. The molecule has 2 nitrogen and oxygen atoms in total. The van der Waals surface area contributed by atoms with Crippen molar-refractivity contribution in [2.24, 2.45) is 0 Å². The zero-order valence-electron chi connectivity index (χ0n) is 8.53. The third-order valence-corrected chi connectivity index (χ3v) is 4.86. The van der Waals surface area contributed by atoms with Crippen molar-refractivity contribution in [3.63, 3.8) is 0 Å². The molecule has 1 aliphatic heterocycles. The van der Waals surface area contributed by atoms with E-state index >= 15 is 0 Å². The number of thioether (sulfide) groups is 1. The third-order valence-electron chi connectivity index (χ3n) is 2.47. The number of hydrogen-bond donors (Lipinski definition) is 1. The summed E-state index contributed by atoms with van der Waals surface area (Å²) >= 11 is 3.66. The summed E-state index contributed by atoms with van der Waals surface area (Å²) in [6.07, 6.45) is 2.72. The van der Waals surface area contributed by atoms with Gasteiger partial charge >= 0.3 is 0 Å². The number of hydrogen-bond acceptors (Lipinski definition) is 4. The fraction of sp³-hybridized carbons (Fsp3) is 0.545. The van der Waals surface area contributed by atoms with Crippen molar-refractivity contribution in [3.05, 3.63) is 21.9 Å². The molecule has 1 saturated heterocycles. The number of nitrogens with zero attached hydrogens (tertiary/aromatic N) is 1. The van der Waals surface area contributed by atoms with Crippen molar-refractivity contribution >= 4 is 23.1 Å². The van der Waals surface area contributed by atoms with E-state index in [1.54, 1.807) is 11.3 Å². The Kier molecular flexibility index (Phi) is 4.07. The average Bonchev–Trinajstić information content (AvgIpc) is 2.88. The highest BCUT2D eigenvalue weighted by molar-refractivity contribution is 8.00. The molecule has 0 aromatic carbocycles. The second-order valence-electron chi connectivity index (χ2n) is 3.64. The molecule has 1 N–H and O–H groups in total. The summed E-state index contributed by atoms with van der Waals surface area (Å²) < 4.78 is 0. The number of nitrogens with one attached hydrogen (secondary N) is 1. The highest BCUT2D eigenvalue weighted by atomic mass is 32.2. The topological polar surface area (TPSA) is 35.8 Å². The molecule has 1 aromatic rings. The van der Waals surface area contributed by atoms with E-state index < -0.39 is 0 Å². The maximum Gasteiger partial charge on any atom is 0.110 e. The minimum absolute atomic E-state index is 0.806. The van der Waals surface area contributed by atoms with E-state index in [4.69, 9.17) is 5.26 Å². The summed E-state index contributed by atoms with van der Waals surface area (Å²) in [6.45, 7) is 2.01.